The average Bonchev–Trinajstić information content (AvgIpc) is 2.48. The van der Waals surface area contributed by atoms with Crippen LogP contribution in [-0.2, 0) is 0 Å². The van der Waals surface area contributed by atoms with Crippen LogP contribution in [-0.4, -0.2) is 32.6 Å². The smallest absolute Gasteiger partial charge is 0.270 e. The summed E-state index contributed by atoms with van der Waals surface area (Å²) in [4.78, 5) is 36.5. The van der Waals surface area contributed by atoms with E-state index in [0.29, 0.717) is 20.8 Å². The number of benzene rings is 2. The first-order chi connectivity index (χ1) is 10.0. The molecule has 0 saturated heterocycles. The lowest BCUT2D eigenvalue weighted by molar-refractivity contribution is -0.384. The third-order valence-electron chi connectivity index (χ3n) is 3.43. The molecular weight excluding hydrogens is 387 g/mol. The molecule has 1 heterocycles. The van der Waals surface area contributed by atoms with Crippen molar-refractivity contribution in [1.29, 1.82) is 0 Å². The molecule has 1 aliphatic heterocycles. The van der Waals surface area contributed by atoms with Crippen LogP contribution in [0.3, 0.4) is 0 Å². The van der Waals surface area contributed by atoms with Crippen molar-refractivity contribution < 1.29 is 14.5 Å². The molecule has 0 saturated carbocycles. The van der Waals surface area contributed by atoms with Crippen LogP contribution >= 0.6 is 22.6 Å². The number of nitro groups is 1. The minimum atomic E-state index is -0.533. The van der Waals surface area contributed by atoms with Crippen LogP contribution in [0.15, 0.2) is 30.3 Å². The van der Waals surface area contributed by atoms with Crippen molar-refractivity contribution >= 4 is 50.9 Å². The van der Waals surface area contributed by atoms with Gasteiger partial charge in [-0.1, -0.05) is 34.7 Å². The summed E-state index contributed by atoms with van der Waals surface area (Å²) in [6.45, 7) is 0.288. The van der Waals surface area contributed by atoms with Gasteiger partial charge in [0.1, 0.15) is 0 Å². The predicted octanol–water partition coefficient (Wildman–Crippen LogP) is 2.78. The van der Waals surface area contributed by atoms with Crippen molar-refractivity contribution in [2.24, 2.45) is 0 Å². The number of imide groups is 1. The molecule has 0 atom stereocenters. The maximum absolute atomic E-state index is 12.5. The van der Waals surface area contributed by atoms with Gasteiger partial charge >= 0.3 is 0 Å². The zero-order valence-corrected chi connectivity index (χ0v) is 12.9. The number of nitro benzene ring substituents is 1. The van der Waals surface area contributed by atoms with Crippen molar-refractivity contribution in [2.45, 2.75) is 0 Å². The van der Waals surface area contributed by atoms with Crippen molar-refractivity contribution in [2.75, 3.05) is 11.0 Å². The minimum absolute atomic E-state index is 0.147. The molecule has 106 valence electrons. The SMILES string of the molecule is O=C1c2cccc3cc([N+](=O)[O-])cc(c23)C(=O)N1CCI. The van der Waals surface area contributed by atoms with Gasteiger partial charge in [0.25, 0.3) is 17.5 Å². The molecule has 0 aromatic heterocycles. The Kier molecular flexibility index (Phi) is 3.36. The number of alkyl halides is 1. The zero-order valence-electron chi connectivity index (χ0n) is 10.7. The Morgan fingerprint density at radius 3 is 2.52 bits per heavy atom. The van der Waals surface area contributed by atoms with E-state index in [9.17, 15) is 19.7 Å². The third kappa shape index (κ3) is 2.08. The molecule has 21 heavy (non-hydrogen) atoms. The van der Waals surface area contributed by atoms with E-state index in [2.05, 4.69) is 22.6 Å². The summed E-state index contributed by atoms with van der Waals surface area (Å²) in [5.41, 5.74) is 0.493. The van der Waals surface area contributed by atoms with Crippen molar-refractivity contribution in [3.05, 3.63) is 51.6 Å². The van der Waals surface area contributed by atoms with Crippen LogP contribution in [0, 0.1) is 10.1 Å². The lowest BCUT2D eigenvalue weighted by Crippen LogP contribution is -2.41. The minimum Gasteiger partial charge on any atom is -0.274 e. The van der Waals surface area contributed by atoms with Gasteiger partial charge < -0.3 is 0 Å². The second kappa shape index (κ2) is 5.06. The van der Waals surface area contributed by atoms with E-state index in [4.69, 9.17) is 0 Å². The van der Waals surface area contributed by atoms with Crippen LogP contribution in [0.4, 0.5) is 5.69 Å². The van der Waals surface area contributed by atoms with Crippen molar-refractivity contribution in [3.8, 4) is 0 Å². The molecular formula is C14H9IN2O4. The molecule has 0 aliphatic carbocycles. The summed E-state index contributed by atoms with van der Waals surface area (Å²) in [7, 11) is 0. The number of carbonyl (C=O) groups is 2. The van der Waals surface area contributed by atoms with E-state index in [1.54, 1.807) is 18.2 Å². The first-order valence-corrected chi connectivity index (χ1v) is 7.70. The van der Waals surface area contributed by atoms with Crippen molar-refractivity contribution in [3.63, 3.8) is 0 Å². The number of non-ortho nitro benzene ring substituents is 1. The Labute approximate surface area is 133 Å². The monoisotopic (exact) mass is 396 g/mol. The molecule has 1 aliphatic rings. The highest BCUT2D eigenvalue weighted by Crippen LogP contribution is 2.33. The Morgan fingerprint density at radius 2 is 1.86 bits per heavy atom. The van der Waals surface area contributed by atoms with Gasteiger partial charge in [-0.25, -0.2) is 0 Å². The molecule has 0 radical (unpaired) electrons. The summed E-state index contributed by atoms with van der Waals surface area (Å²) in [5.74, 6) is -0.812. The lowest BCUT2D eigenvalue weighted by Gasteiger charge is -2.26. The van der Waals surface area contributed by atoms with Gasteiger partial charge in [0.2, 0.25) is 0 Å². The number of amides is 2. The van der Waals surface area contributed by atoms with Crippen LogP contribution < -0.4 is 0 Å². The van der Waals surface area contributed by atoms with E-state index in [1.165, 1.54) is 12.1 Å². The molecule has 7 heteroatoms. The first kappa shape index (κ1) is 13.9. The second-order valence-electron chi connectivity index (χ2n) is 4.61. The fourth-order valence-electron chi connectivity index (χ4n) is 2.54. The molecule has 0 bridgehead atoms. The van der Waals surface area contributed by atoms with Crippen molar-refractivity contribution in [1.82, 2.24) is 4.90 Å². The first-order valence-electron chi connectivity index (χ1n) is 6.18. The average molecular weight is 396 g/mol. The molecule has 2 amide bonds. The maximum atomic E-state index is 12.5. The number of hydrogen-bond donors (Lipinski definition) is 0. The topological polar surface area (TPSA) is 80.5 Å². The van der Waals surface area contributed by atoms with Gasteiger partial charge in [-0.15, -0.1) is 0 Å². The van der Waals surface area contributed by atoms with Gasteiger partial charge in [0.05, 0.1) is 10.5 Å². The van der Waals surface area contributed by atoms with E-state index >= 15 is 0 Å². The van der Waals surface area contributed by atoms with Gasteiger partial charge in [0, 0.05) is 34.1 Å². The standard InChI is InChI=1S/C14H9IN2O4/c15-4-5-16-13(18)10-3-1-2-8-6-9(17(20)21)7-11(12(8)10)14(16)19/h1-3,6-7H,4-5H2. The Bertz CT molecular complexity index is 803. The fourth-order valence-corrected chi connectivity index (χ4v) is 3.02. The van der Waals surface area contributed by atoms with Crippen LogP contribution in [0.25, 0.3) is 10.8 Å². The number of nitrogens with zero attached hydrogens (tertiary/aromatic N) is 2. The summed E-state index contributed by atoms with van der Waals surface area (Å²) in [6, 6.07) is 7.62. The summed E-state index contributed by atoms with van der Waals surface area (Å²) in [6.07, 6.45) is 0. The maximum Gasteiger partial charge on any atom is 0.270 e. The summed E-state index contributed by atoms with van der Waals surface area (Å²) < 4.78 is 0.607. The number of hydrogen-bond acceptors (Lipinski definition) is 4. The lowest BCUT2D eigenvalue weighted by atomic mass is 9.93. The van der Waals surface area contributed by atoms with Crippen LogP contribution in [0.2, 0.25) is 0 Å². The largest absolute Gasteiger partial charge is 0.274 e. The van der Waals surface area contributed by atoms with Gasteiger partial charge in [-0.05, 0) is 11.5 Å². The number of halogens is 1. The normalized spacial score (nSPS) is 13.9. The molecule has 2 aromatic rings. The Hall–Kier alpha value is -2.03. The second-order valence-corrected chi connectivity index (χ2v) is 5.68. The van der Waals surface area contributed by atoms with E-state index in [1.807, 2.05) is 0 Å². The summed E-state index contributed by atoms with van der Waals surface area (Å²) >= 11 is 2.08. The molecule has 2 aromatic carbocycles. The van der Waals surface area contributed by atoms with Crippen LogP contribution in [0.5, 0.6) is 0 Å². The Balaban J connectivity index is 2.35. The third-order valence-corrected chi connectivity index (χ3v) is 3.91. The molecule has 0 spiro atoms. The highest BCUT2D eigenvalue weighted by atomic mass is 127. The van der Waals surface area contributed by atoms with Crippen LogP contribution in [0.1, 0.15) is 20.7 Å². The highest BCUT2D eigenvalue weighted by Gasteiger charge is 2.33. The highest BCUT2D eigenvalue weighted by molar-refractivity contribution is 14.1. The molecule has 0 unspecified atom stereocenters. The van der Waals surface area contributed by atoms with Gasteiger partial charge in [0.15, 0.2) is 0 Å². The molecule has 3 rings (SSSR count). The van der Waals surface area contributed by atoms with E-state index < -0.39 is 10.8 Å². The van der Waals surface area contributed by atoms with E-state index in [0.717, 1.165) is 4.90 Å². The van der Waals surface area contributed by atoms with E-state index in [-0.39, 0.29) is 23.7 Å². The summed E-state index contributed by atoms with van der Waals surface area (Å²) in [5, 5.41) is 12.0. The molecule has 6 nitrogen and oxygen atoms in total. The number of rotatable bonds is 3. The Morgan fingerprint density at radius 1 is 1.14 bits per heavy atom. The molecule has 0 N–H and O–H groups in total. The molecule has 0 fully saturated rings. The van der Waals surface area contributed by atoms with Gasteiger partial charge in [-0.3, -0.25) is 24.6 Å². The predicted molar refractivity (Wildman–Crippen MR) is 84.9 cm³/mol. The number of carbonyl (C=O) groups excluding carboxylic acids is 2. The quantitative estimate of drug-likeness (QED) is 0.263. The fraction of sp³-hybridized carbons (Fsp3) is 0.143. The zero-order chi connectivity index (χ0) is 15.1. The van der Waals surface area contributed by atoms with Gasteiger partial charge in [-0.2, -0.15) is 0 Å².